The first-order valence-corrected chi connectivity index (χ1v) is 9.15. The van der Waals surface area contributed by atoms with E-state index < -0.39 is 14.3 Å². The predicted octanol–water partition coefficient (Wildman–Crippen LogP) is 1.50. The van der Waals surface area contributed by atoms with Crippen molar-refractivity contribution < 1.29 is 23.8 Å². The molecule has 0 fully saturated rings. The van der Waals surface area contributed by atoms with Crippen LogP contribution in [0.15, 0.2) is 0 Å². The average Bonchev–Trinajstić information content (AvgIpc) is 2.03. The molecule has 5 N–H and O–H groups in total. The van der Waals surface area contributed by atoms with Crippen LogP contribution in [-0.2, 0) is 9.13 Å². The Kier molecular flexibility index (Phi) is 9.97. The number of nitrogens with two attached hydrogens (primary N) is 1. The Morgan fingerprint density at radius 2 is 1.47 bits per heavy atom. The SMILES string of the molecule is CCCCCCN.CP(=O)(O)P(=O)(O)O. The maximum Gasteiger partial charge on any atom is 0.407 e. The van der Waals surface area contributed by atoms with Crippen molar-refractivity contribution in [2.24, 2.45) is 5.73 Å². The molecule has 0 bridgehead atoms. The molecule has 6 nitrogen and oxygen atoms in total. The molecule has 8 heteroatoms. The molecule has 0 aromatic heterocycles. The third kappa shape index (κ3) is 12.2. The van der Waals surface area contributed by atoms with Crippen molar-refractivity contribution in [1.82, 2.24) is 0 Å². The Labute approximate surface area is 90.4 Å². The van der Waals surface area contributed by atoms with Crippen molar-refractivity contribution in [3.05, 3.63) is 0 Å². The molecule has 0 aromatic carbocycles. The monoisotopic (exact) mass is 261 g/mol. The van der Waals surface area contributed by atoms with E-state index in [0.29, 0.717) is 6.66 Å². The van der Waals surface area contributed by atoms with Crippen LogP contribution in [0.3, 0.4) is 0 Å². The van der Waals surface area contributed by atoms with Gasteiger partial charge in [0.2, 0.25) is 0 Å². The van der Waals surface area contributed by atoms with Crippen molar-refractivity contribution in [2.75, 3.05) is 13.2 Å². The van der Waals surface area contributed by atoms with Gasteiger partial charge >= 0.3 is 14.3 Å². The molecule has 15 heavy (non-hydrogen) atoms. The van der Waals surface area contributed by atoms with Crippen molar-refractivity contribution in [2.45, 2.75) is 32.6 Å². The average molecular weight is 261 g/mol. The van der Waals surface area contributed by atoms with Crippen LogP contribution in [0.25, 0.3) is 0 Å². The van der Waals surface area contributed by atoms with Gasteiger partial charge in [-0.05, 0) is 13.0 Å². The summed E-state index contributed by atoms with van der Waals surface area (Å²) in [6.45, 7) is 3.68. The van der Waals surface area contributed by atoms with E-state index in [1.54, 1.807) is 0 Å². The molecule has 0 amide bonds. The van der Waals surface area contributed by atoms with Gasteiger partial charge in [0.05, 0.1) is 0 Å². The molecule has 0 aliphatic rings. The van der Waals surface area contributed by atoms with E-state index in [2.05, 4.69) is 6.92 Å². The predicted molar refractivity (Wildman–Crippen MR) is 61.0 cm³/mol. The summed E-state index contributed by atoms with van der Waals surface area (Å²) in [4.78, 5) is 24.1. The van der Waals surface area contributed by atoms with Crippen LogP contribution >= 0.6 is 14.3 Å². The molecule has 0 spiro atoms. The van der Waals surface area contributed by atoms with E-state index in [1.165, 1.54) is 25.7 Å². The number of rotatable bonds is 5. The Balaban J connectivity index is 0. The van der Waals surface area contributed by atoms with Gasteiger partial charge in [0.15, 0.2) is 0 Å². The van der Waals surface area contributed by atoms with E-state index >= 15 is 0 Å². The summed E-state index contributed by atoms with van der Waals surface area (Å²) in [5, 5.41) is 0. The van der Waals surface area contributed by atoms with Crippen LogP contribution in [-0.4, -0.2) is 27.9 Å². The highest BCUT2D eigenvalue weighted by molar-refractivity contribution is 8.28. The van der Waals surface area contributed by atoms with Gasteiger partial charge in [-0.3, -0.25) is 4.57 Å². The molecule has 1 unspecified atom stereocenters. The van der Waals surface area contributed by atoms with Gasteiger partial charge in [-0.2, -0.15) is 0 Å². The summed E-state index contributed by atoms with van der Waals surface area (Å²) in [5.74, 6) is 0. The standard InChI is InChI=1S/C6H15N.CH6O5P2/c1-2-3-4-5-6-7;1-7(2,3)8(4,5)6/h2-7H2,1H3;1H3,(H,2,3)(H2,4,5,6). The Morgan fingerprint density at radius 1 is 1.07 bits per heavy atom. The third-order valence-electron chi connectivity index (χ3n) is 1.54. The fraction of sp³-hybridized carbons (Fsp3) is 1.00. The second kappa shape index (κ2) is 8.45. The van der Waals surface area contributed by atoms with Crippen LogP contribution in [0, 0.1) is 0 Å². The van der Waals surface area contributed by atoms with Gasteiger partial charge in [-0.15, -0.1) is 0 Å². The van der Waals surface area contributed by atoms with Gasteiger partial charge in [-0.1, -0.05) is 26.2 Å². The summed E-state index contributed by atoms with van der Waals surface area (Å²) in [6, 6.07) is 0. The zero-order chi connectivity index (χ0) is 12.5. The highest BCUT2D eigenvalue weighted by Crippen LogP contribution is 2.71. The fourth-order valence-corrected chi connectivity index (χ4v) is 0.571. The fourth-order valence-electron chi connectivity index (χ4n) is 0.571. The van der Waals surface area contributed by atoms with Gasteiger partial charge in [0.1, 0.15) is 0 Å². The maximum atomic E-state index is 10.0. The lowest BCUT2D eigenvalue weighted by Crippen LogP contribution is -1.97. The van der Waals surface area contributed by atoms with Crippen LogP contribution < -0.4 is 5.73 Å². The van der Waals surface area contributed by atoms with Crippen LogP contribution in [0.4, 0.5) is 0 Å². The lowest BCUT2D eigenvalue weighted by molar-refractivity contribution is 0.378. The minimum atomic E-state index is -4.74. The van der Waals surface area contributed by atoms with Crippen molar-refractivity contribution in [3.63, 3.8) is 0 Å². The first-order chi connectivity index (χ1) is 6.66. The first kappa shape index (κ1) is 17.7. The summed E-state index contributed by atoms with van der Waals surface area (Å²) in [5.41, 5.74) is 5.27. The Morgan fingerprint density at radius 3 is 1.67 bits per heavy atom. The van der Waals surface area contributed by atoms with Gasteiger partial charge in [0, 0.05) is 6.66 Å². The number of hydrogen-bond donors (Lipinski definition) is 4. The summed E-state index contributed by atoms with van der Waals surface area (Å²) < 4.78 is 19.9. The molecule has 0 radical (unpaired) electrons. The molecule has 0 rings (SSSR count). The topological polar surface area (TPSA) is 121 Å². The van der Waals surface area contributed by atoms with Crippen molar-refractivity contribution in [1.29, 1.82) is 0 Å². The quantitative estimate of drug-likeness (QED) is 0.439. The van der Waals surface area contributed by atoms with Crippen LogP contribution in [0.1, 0.15) is 32.6 Å². The second-order valence-corrected chi connectivity index (χ2v) is 9.68. The summed E-state index contributed by atoms with van der Waals surface area (Å²) >= 11 is 0. The largest absolute Gasteiger partial charge is 0.407 e. The van der Waals surface area contributed by atoms with Gasteiger partial charge in [0.25, 0.3) is 0 Å². The molecule has 0 aromatic rings. The number of unbranched alkanes of at least 4 members (excludes halogenated alkanes) is 3. The lowest BCUT2D eigenvalue weighted by Gasteiger charge is -2.04. The van der Waals surface area contributed by atoms with Crippen LogP contribution in [0.2, 0.25) is 0 Å². The molecule has 0 heterocycles. The Hall–Kier alpha value is 0.300. The summed E-state index contributed by atoms with van der Waals surface area (Å²) in [7, 11) is -8.92. The second-order valence-electron chi connectivity index (χ2n) is 3.20. The molecular weight excluding hydrogens is 240 g/mol. The minimum Gasteiger partial charge on any atom is -0.336 e. The van der Waals surface area contributed by atoms with Gasteiger partial charge < -0.3 is 20.4 Å². The first-order valence-electron chi connectivity index (χ1n) is 4.73. The molecule has 1 atom stereocenters. The van der Waals surface area contributed by atoms with Crippen LogP contribution in [0.5, 0.6) is 0 Å². The lowest BCUT2D eigenvalue weighted by atomic mass is 10.2. The Bertz CT molecular complexity index is 210. The molecule has 0 saturated heterocycles. The highest BCUT2D eigenvalue weighted by atomic mass is 32.1. The zero-order valence-corrected chi connectivity index (χ0v) is 11.0. The molecule has 94 valence electrons. The summed E-state index contributed by atoms with van der Waals surface area (Å²) in [6.07, 6.45) is 5.16. The third-order valence-corrected chi connectivity index (χ3v) is 5.41. The van der Waals surface area contributed by atoms with Gasteiger partial charge in [-0.25, -0.2) is 4.57 Å². The van der Waals surface area contributed by atoms with E-state index in [-0.39, 0.29) is 0 Å². The normalized spacial score (nSPS) is 15.1. The van der Waals surface area contributed by atoms with E-state index in [4.69, 9.17) is 20.4 Å². The zero-order valence-electron chi connectivity index (χ0n) is 9.17. The molecule has 0 aliphatic heterocycles. The van der Waals surface area contributed by atoms with E-state index in [0.717, 1.165) is 6.54 Å². The maximum absolute atomic E-state index is 10.0. The highest BCUT2D eigenvalue weighted by Gasteiger charge is 2.33. The minimum absolute atomic E-state index is 0.619. The van der Waals surface area contributed by atoms with Crippen molar-refractivity contribution in [3.8, 4) is 0 Å². The van der Waals surface area contributed by atoms with E-state index in [9.17, 15) is 9.13 Å². The number of hydrogen-bond acceptors (Lipinski definition) is 3. The smallest absolute Gasteiger partial charge is 0.336 e. The molecular formula is C7H21NO5P2. The van der Waals surface area contributed by atoms with Crippen molar-refractivity contribution >= 4 is 14.3 Å². The van der Waals surface area contributed by atoms with E-state index in [1.807, 2.05) is 0 Å². The molecule has 0 aliphatic carbocycles. The molecule has 0 saturated carbocycles.